The molecule has 0 bridgehead atoms. The summed E-state index contributed by atoms with van der Waals surface area (Å²) in [5, 5.41) is 13.8. The minimum atomic E-state index is 0.313. The third kappa shape index (κ3) is 2.98. The van der Waals surface area contributed by atoms with Crippen LogP contribution in [-0.2, 0) is 11.3 Å². The van der Waals surface area contributed by atoms with Crippen LogP contribution >= 0.6 is 11.3 Å². The van der Waals surface area contributed by atoms with Crippen molar-refractivity contribution >= 4 is 17.6 Å². The zero-order valence-electron chi connectivity index (χ0n) is 6.73. The molecule has 1 aromatic heterocycles. The molecule has 0 aliphatic heterocycles. The summed E-state index contributed by atoms with van der Waals surface area (Å²) in [6.45, 7) is 2.73. The Hall–Kier alpha value is -0.940. The number of hydrogen-bond donors (Lipinski definition) is 1. The molecular weight excluding hydrogens is 176 g/mol. The fourth-order valence-electron chi connectivity index (χ4n) is 0.724. The van der Waals surface area contributed by atoms with Gasteiger partial charge in [-0.2, -0.15) is 0 Å². The first-order valence-electron chi connectivity index (χ1n) is 3.47. The van der Waals surface area contributed by atoms with E-state index < -0.39 is 0 Å². The lowest BCUT2D eigenvalue weighted by molar-refractivity contribution is 0.155. The van der Waals surface area contributed by atoms with Crippen LogP contribution in [0.5, 0.6) is 0 Å². The van der Waals surface area contributed by atoms with Crippen LogP contribution in [0.15, 0.2) is 10.5 Å². The normalized spacial score (nSPS) is 11.1. The lowest BCUT2D eigenvalue weighted by Gasteiger charge is -1.94. The molecule has 0 atom stereocenters. The highest BCUT2D eigenvalue weighted by Crippen LogP contribution is 2.08. The predicted octanol–water partition coefficient (Wildman–Crippen LogP) is 1.43. The number of aryl methyl sites for hydroxylation is 1. The number of oxime groups is 1. The maximum Gasteiger partial charge on any atom is 0.0901 e. The van der Waals surface area contributed by atoms with Crippen molar-refractivity contribution in [3.8, 4) is 0 Å². The van der Waals surface area contributed by atoms with Gasteiger partial charge < -0.3 is 9.94 Å². The van der Waals surface area contributed by atoms with Gasteiger partial charge >= 0.3 is 0 Å². The molecule has 1 aromatic rings. The van der Waals surface area contributed by atoms with Gasteiger partial charge in [0.05, 0.1) is 30.1 Å². The molecular formula is C7H10N2O2S. The molecule has 0 aliphatic rings. The largest absolute Gasteiger partial charge is 0.411 e. The van der Waals surface area contributed by atoms with Gasteiger partial charge in [-0.05, 0) is 6.92 Å². The Labute approximate surface area is 74.5 Å². The zero-order valence-corrected chi connectivity index (χ0v) is 7.54. The van der Waals surface area contributed by atoms with E-state index in [2.05, 4.69) is 10.1 Å². The smallest absolute Gasteiger partial charge is 0.0901 e. The molecule has 5 heteroatoms. The summed E-state index contributed by atoms with van der Waals surface area (Å²) in [6, 6.07) is 0. The molecule has 0 spiro atoms. The van der Waals surface area contributed by atoms with E-state index in [0.29, 0.717) is 13.2 Å². The lowest BCUT2D eigenvalue weighted by Crippen LogP contribution is -1.96. The summed E-state index contributed by atoms with van der Waals surface area (Å²) in [6.07, 6.45) is 1.29. The number of nitrogens with zero attached hydrogens (tertiary/aromatic N) is 2. The van der Waals surface area contributed by atoms with Crippen LogP contribution < -0.4 is 0 Å². The van der Waals surface area contributed by atoms with Gasteiger partial charge in [0.1, 0.15) is 0 Å². The minimum Gasteiger partial charge on any atom is -0.411 e. The number of aromatic nitrogens is 1. The van der Waals surface area contributed by atoms with Crippen LogP contribution in [0, 0.1) is 6.92 Å². The van der Waals surface area contributed by atoms with Crippen molar-refractivity contribution in [3.63, 3.8) is 0 Å². The van der Waals surface area contributed by atoms with Gasteiger partial charge in [-0.25, -0.2) is 4.98 Å². The van der Waals surface area contributed by atoms with Crippen molar-refractivity contribution in [2.75, 3.05) is 6.61 Å². The van der Waals surface area contributed by atoms with Crippen molar-refractivity contribution in [2.45, 2.75) is 13.5 Å². The molecule has 0 unspecified atom stereocenters. The third-order valence-corrected chi connectivity index (χ3v) is 2.01. The average Bonchev–Trinajstić information content (AvgIpc) is 2.45. The summed E-state index contributed by atoms with van der Waals surface area (Å²) in [7, 11) is 0. The maximum atomic E-state index is 8.04. The highest BCUT2D eigenvalue weighted by atomic mass is 32.1. The monoisotopic (exact) mass is 186 g/mol. The summed E-state index contributed by atoms with van der Waals surface area (Å²) < 4.78 is 5.11. The Morgan fingerprint density at radius 1 is 1.83 bits per heavy atom. The van der Waals surface area contributed by atoms with Gasteiger partial charge in [-0.15, -0.1) is 11.3 Å². The molecule has 0 amide bonds. The van der Waals surface area contributed by atoms with Gasteiger partial charge in [0.2, 0.25) is 0 Å². The van der Waals surface area contributed by atoms with Crippen LogP contribution in [0.1, 0.15) is 10.7 Å². The molecule has 1 N–H and O–H groups in total. The van der Waals surface area contributed by atoms with Gasteiger partial charge in [0.15, 0.2) is 0 Å². The minimum absolute atomic E-state index is 0.313. The molecule has 0 saturated carbocycles. The predicted molar refractivity (Wildman–Crippen MR) is 46.8 cm³/mol. The SMILES string of the molecule is Cc1nc(COCC=NO)cs1. The van der Waals surface area contributed by atoms with Gasteiger partial charge in [0, 0.05) is 5.38 Å². The Morgan fingerprint density at radius 2 is 2.67 bits per heavy atom. The number of thiazole rings is 1. The topological polar surface area (TPSA) is 54.7 Å². The molecule has 0 fully saturated rings. The number of hydrogen-bond acceptors (Lipinski definition) is 5. The van der Waals surface area contributed by atoms with Crippen molar-refractivity contribution in [3.05, 3.63) is 16.1 Å². The first kappa shape index (κ1) is 9.15. The maximum absolute atomic E-state index is 8.04. The van der Waals surface area contributed by atoms with E-state index in [-0.39, 0.29) is 0 Å². The molecule has 0 saturated heterocycles. The Kier molecular flexibility index (Phi) is 3.69. The highest BCUT2D eigenvalue weighted by molar-refractivity contribution is 7.09. The van der Waals surface area contributed by atoms with Crippen LogP contribution in [0.4, 0.5) is 0 Å². The zero-order chi connectivity index (χ0) is 8.81. The third-order valence-electron chi connectivity index (χ3n) is 1.19. The van der Waals surface area contributed by atoms with Gasteiger partial charge in [-0.1, -0.05) is 5.16 Å². The molecule has 1 rings (SSSR count). The van der Waals surface area contributed by atoms with E-state index in [1.165, 1.54) is 6.21 Å². The second-order valence-corrected chi connectivity index (χ2v) is 3.23. The van der Waals surface area contributed by atoms with Crippen molar-refractivity contribution in [1.82, 2.24) is 4.98 Å². The van der Waals surface area contributed by atoms with E-state index >= 15 is 0 Å². The molecule has 4 nitrogen and oxygen atoms in total. The molecule has 0 aromatic carbocycles. The van der Waals surface area contributed by atoms with Gasteiger partial charge in [0.25, 0.3) is 0 Å². The molecule has 12 heavy (non-hydrogen) atoms. The van der Waals surface area contributed by atoms with Crippen molar-refractivity contribution < 1.29 is 9.94 Å². The summed E-state index contributed by atoms with van der Waals surface area (Å²) in [4.78, 5) is 4.19. The fraction of sp³-hybridized carbons (Fsp3) is 0.429. The number of rotatable bonds is 4. The molecule has 66 valence electrons. The van der Waals surface area contributed by atoms with E-state index in [4.69, 9.17) is 9.94 Å². The van der Waals surface area contributed by atoms with Crippen molar-refractivity contribution in [1.29, 1.82) is 0 Å². The quantitative estimate of drug-likeness (QED) is 0.335. The molecule has 0 radical (unpaired) electrons. The van der Waals surface area contributed by atoms with E-state index in [9.17, 15) is 0 Å². The van der Waals surface area contributed by atoms with Crippen LogP contribution in [0.25, 0.3) is 0 Å². The average molecular weight is 186 g/mol. The summed E-state index contributed by atoms with van der Waals surface area (Å²) >= 11 is 1.59. The van der Waals surface area contributed by atoms with Crippen molar-refractivity contribution in [2.24, 2.45) is 5.16 Å². The molecule has 1 heterocycles. The van der Waals surface area contributed by atoms with Crippen LogP contribution in [-0.4, -0.2) is 23.0 Å². The second kappa shape index (κ2) is 4.84. The van der Waals surface area contributed by atoms with Crippen LogP contribution in [0.2, 0.25) is 0 Å². The number of ether oxygens (including phenoxy) is 1. The Balaban J connectivity index is 2.24. The lowest BCUT2D eigenvalue weighted by atomic mass is 10.5. The van der Waals surface area contributed by atoms with E-state index in [1.54, 1.807) is 11.3 Å². The Bertz CT molecular complexity index is 260. The second-order valence-electron chi connectivity index (χ2n) is 2.17. The first-order valence-corrected chi connectivity index (χ1v) is 4.35. The highest BCUT2D eigenvalue weighted by Gasteiger charge is 1.96. The van der Waals surface area contributed by atoms with E-state index in [0.717, 1.165) is 10.7 Å². The fourth-order valence-corrected chi connectivity index (χ4v) is 1.32. The molecule has 0 aliphatic carbocycles. The van der Waals surface area contributed by atoms with Gasteiger partial charge in [-0.3, -0.25) is 0 Å². The standard InChI is InChI=1S/C7H10N2O2S/c1-6-9-7(5-12-6)4-11-3-2-8-10/h2,5,10H,3-4H2,1H3. The summed E-state index contributed by atoms with van der Waals surface area (Å²) in [5.74, 6) is 0. The van der Waals surface area contributed by atoms with Crippen LogP contribution in [0.3, 0.4) is 0 Å². The van der Waals surface area contributed by atoms with E-state index in [1.807, 2.05) is 12.3 Å². The Morgan fingerprint density at radius 3 is 3.25 bits per heavy atom. The summed E-state index contributed by atoms with van der Waals surface area (Å²) in [5.41, 5.74) is 0.920. The first-order chi connectivity index (χ1) is 5.83.